The number of thiophene rings is 1. The Bertz CT molecular complexity index is 1450. The molecule has 1 aromatic carbocycles. The number of methoxy groups -OCH3 is 1. The number of carbonyl (C=O) groups is 1. The third-order valence-corrected chi connectivity index (χ3v) is 7.39. The zero-order valence-electron chi connectivity index (χ0n) is 20.6. The largest absolute Gasteiger partial charge is 0.496 e. The third kappa shape index (κ3) is 3.68. The van der Waals surface area contributed by atoms with Crippen molar-refractivity contribution in [3.63, 3.8) is 0 Å². The second-order valence-electron chi connectivity index (χ2n) is 9.75. The molecular formula is C26H27N5O4S. The molecule has 2 aliphatic heterocycles. The standard InChI is InChI=1S/C26H27N5O4S/c1-26(14-34-15-26)13-29(2)25(32)23-19-11-35-22-10-21(33-4)17(20-5-7-30(3)27-20)9-18(22)24(19)31(28-23)16-6-8-36-12-16/h5-10,12H,11,13-15H2,1-4H3. The highest BCUT2D eigenvalue weighted by Crippen LogP contribution is 2.46. The van der Waals surface area contributed by atoms with Crippen LogP contribution in [0.15, 0.2) is 41.2 Å². The molecule has 1 saturated heterocycles. The smallest absolute Gasteiger partial charge is 0.274 e. The highest BCUT2D eigenvalue weighted by molar-refractivity contribution is 7.08. The van der Waals surface area contributed by atoms with E-state index in [0.29, 0.717) is 37.0 Å². The Morgan fingerprint density at radius 1 is 1.25 bits per heavy atom. The highest BCUT2D eigenvalue weighted by atomic mass is 32.1. The van der Waals surface area contributed by atoms with E-state index < -0.39 is 0 Å². The Morgan fingerprint density at radius 2 is 2.08 bits per heavy atom. The average Bonchev–Trinajstić information content (AvgIpc) is 3.61. The summed E-state index contributed by atoms with van der Waals surface area (Å²) >= 11 is 1.58. The molecule has 0 spiro atoms. The van der Waals surface area contributed by atoms with Crippen molar-refractivity contribution in [3.05, 3.63) is 52.5 Å². The summed E-state index contributed by atoms with van der Waals surface area (Å²) in [6.07, 6.45) is 1.89. The van der Waals surface area contributed by atoms with Crippen LogP contribution in [0.2, 0.25) is 0 Å². The summed E-state index contributed by atoms with van der Waals surface area (Å²) in [5.74, 6) is 1.23. The fraction of sp³-hybridized carbons (Fsp3) is 0.346. The van der Waals surface area contributed by atoms with Gasteiger partial charge < -0.3 is 19.1 Å². The van der Waals surface area contributed by atoms with Crippen LogP contribution in [0.3, 0.4) is 0 Å². The Morgan fingerprint density at radius 3 is 2.72 bits per heavy atom. The fourth-order valence-electron chi connectivity index (χ4n) is 4.91. The normalized spacial score (nSPS) is 15.4. The number of aryl methyl sites for hydroxylation is 1. The Hall–Kier alpha value is -3.63. The molecule has 9 nitrogen and oxygen atoms in total. The maximum Gasteiger partial charge on any atom is 0.274 e. The molecule has 36 heavy (non-hydrogen) atoms. The van der Waals surface area contributed by atoms with E-state index >= 15 is 0 Å². The minimum Gasteiger partial charge on any atom is -0.496 e. The van der Waals surface area contributed by atoms with Crippen LogP contribution < -0.4 is 9.47 Å². The summed E-state index contributed by atoms with van der Waals surface area (Å²) in [5, 5.41) is 13.4. The van der Waals surface area contributed by atoms with Gasteiger partial charge in [0.2, 0.25) is 0 Å². The number of amides is 1. The van der Waals surface area contributed by atoms with Crippen molar-refractivity contribution < 1.29 is 19.0 Å². The zero-order valence-corrected chi connectivity index (χ0v) is 21.5. The van der Waals surface area contributed by atoms with Gasteiger partial charge in [-0.1, -0.05) is 6.92 Å². The van der Waals surface area contributed by atoms with Gasteiger partial charge in [-0.3, -0.25) is 9.48 Å². The first-order chi connectivity index (χ1) is 17.4. The van der Waals surface area contributed by atoms with E-state index in [4.69, 9.17) is 19.3 Å². The van der Waals surface area contributed by atoms with Gasteiger partial charge in [-0.2, -0.15) is 21.5 Å². The van der Waals surface area contributed by atoms with Gasteiger partial charge in [0, 0.05) is 60.4 Å². The zero-order chi connectivity index (χ0) is 25.0. The Labute approximate surface area is 212 Å². The van der Waals surface area contributed by atoms with Crippen LogP contribution in [0.25, 0.3) is 28.2 Å². The summed E-state index contributed by atoms with van der Waals surface area (Å²) in [4.78, 5) is 15.4. The van der Waals surface area contributed by atoms with Crippen molar-refractivity contribution in [2.75, 3.05) is 33.9 Å². The van der Waals surface area contributed by atoms with Gasteiger partial charge >= 0.3 is 0 Å². The van der Waals surface area contributed by atoms with E-state index in [0.717, 1.165) is 33.8 Å². The number of carbonyl (C=O) groups excluding carboxylic acids is 1. The lowest BCUT2D eigenvalue weighted by atomic mass is 9.88. The van der Waals surface area contributed by atoms with Gasteiger partial charge in [-0.05, 0) is 23.6 Å². The first kappa shape index (κ1) is 22.8. The minimum atomic E-state index is -0.126. The number of benzene rings is 1. The van der Waals surface area contributed by atoms with E-state index in [-0.39, 0.29) is 17.9 Å². The van der Waals surface area contributed by atoms with Crippen LogP contribution >= 0.6 is 11.3 Å². The maximum atomic E-state index is 13.6. The lowest BCUT2D eigenvalue weighted by Gasteiger charge is -2.40. The van der Waals surface area contributed by atoms with Crippen LogP contribution in [0, 0.1) is 5.41 Å². The molecule has 0 unspecified atom stereocenters. The van der Waals surface area contributed by atoms with E-state index in [1.54, 1.807) is 28.0 Å². The topological polar surface area (TPSA) is 83.6 Å². The average molecular weight is 506 g/mol. The van der Waals surface area contributed by atoms with Crippen LogP contribution in [-0.2, 0) is 18.4 Å². The summed E-state index contributed by atoms with van der Waals surface area (Å²) < 4.78 is 20.9. The van der Waals surface area contributed by atoms with Crippen molar-refractivity contribution in [2.24, 2.45) is 12.5 Å². The van der Waals surface area contributed by atoms with Gasteiger partial charge in [0.05, 0.1) is 37.4 Å². The summed E-state index contributed by atoms with van der Waals surface area (Å²) in [6.45, 7) is 4.28. The maximum absolute atomic E-state index is 13.6. The fourth-order valence-corrected chi connectivity index (χ4v) is 5.52. The SMILES string of the molecule is COc1cc2c(cc1-c1ccn(C)n1)-c1c(c(C(=O)N(C)CC3(C)COC3)nn1-c1ccsc1)CO2. The quantitative estimate of drug-likeness (QED) is 0.394. The molecule has 2 aliphatic rings. The van der Waals surface area contributed by atoms with Gasteiger partial charge in [-0.25, -0.2) is 4.68 Å². The number of aromatic nitrogens is 4. The lowest BCUT2D eigenvalue weighted by molar-refractivity contribution is -0.109. The number of fused-ring (bicyclic) bond motifs is 3. The van der Waals surface area contributed by atoms with Crippen LogP contribution in [0.4, 0.5) is 0 Å². The first-order valence-corrected chi connectivity index (χ1v) is 12.6. The van der Waals surface area contributed by atoms with Gasteiger partial charge in [-0.15, -0.1) is 0 Å². The van der Waals surface area contributed by atoms with Crippen molar-refractivity contribution in [3.8, 4) is 39.7 Å². The molecule has 3 aromatic heterocycles. The third-order valence-electron chi connectivity index (χ3n) is 6.72. The van der Waals surface area contributed by atoms with E-state index in [2.05, 4.69) is 12.0 Å². The molecule has 6 rings (SSSR count). The Balaban J connectivity index is 1.50. The van der Waals surface area contributed by atoms with Gasteiger partial charge in [0.25, 0.3) is 5.91 Å². The molecule has 0 aliphatic carbocycles. The second-order valence-corrected chi connectivity index (χ2v) is 10.5. The molecule has 10 heteroatoms. The molecule has 0 bridgehead atoms. The molecule has 186 valence electrons. The monoisotopic (exact) mass is 505 g/mol. The first-order valence-electron chi connectivity index (χ1n) is 11.7. The van der Waals surface area contributed by atoms with E-state index in [9.17, 15) is 4.79 Å². The highest BCUT2D eigenvalue weighted by Gasteiger charge is 2.38. The molecular weight excluding hydrogens is 478 g/mol. The molecule has 5 heterocycles. The number of ether oxygens (including phenoxy) is 3. The van der Waals surface area contributed by atoms with Crippen molar-refractivity contribution >= 4 is 17.2 Å². The summed E-state index contributed by atoms with van der Waals surface area (Å²) in [6, 6.07) is 7.85. The molecule has 1 fully saturated rings. The molecule has 0 N–H and O–H groups in total. The lowest BCUT2D eigenvalue weighted by Crippen LogP contribution is -2.49. The van der Waals surface area contributed by atoms with Crippen molar-refractivity contribution in [1.29, 1.82) is 0 Å². The summed E-state index contributed by atoms with van der Waals surface area (Å²) in [5.41, 5.74) is 5.38. The Kier molecular flexibility index (Phi) is 5.38. The molecule has 0 radical (unpaired) electrons. The minimum absolute atomic E-state index is 0.0301. The second kappa shape index (κ2) is 8.49. The molecule has 4 aromatic rings. The van der Waals surface area contributed by atoms with Gasteiger partial charge in [0.1, 0.15) is 18.1 Å². The predicted octanol–water partition coefficient (Wildman–Crippen LogP) is 4.01. The predicted molar refractivity (Wildman–Crippen MR) is 136 cm³/mol. The number of rotatable bonds is 6. The summed E-state index contributed by atoms with van der Waals surface area (Å²) in [7, 11) is 5.34. The molecule has 0 saturated carbocycles. The molecule has 1 amide bonds. The number of nitrogens with zero attached hydrogens (tertiary/aromatic N) is 5. The van der Waals surface area contributed by atoms with E-state index in [1.807, 2.05) is 60.0 Å². The van der Waals surface area contributed by atoms with E-state index in [1.165, 1.54) is 0 Å². The van der Waals surface area contributed by atoms with Crippen LogP contribution in [-0.4, -0.2) is 64.3 Å². The van der Waals surface area contributed by atoms with Crippen LogP contribution in [0.1, 0.15) is 23.0 Å². The van der Waals surface area contributed by atoms with Gasteiger partial charge in [0.15, 0.2) is 5.69 Å². The molecule has 0 atom stereocenters. The van der Waals surface area contributed by atoms with Crippen LogP contribution in [0.5, 0.6) is 11.5 Å². The van der Waals surface area contributed by atoms with Crippen molar-refractivity contribution in [2.45, 2.75) is 13.5 Å². The number of hydrogen-bond donors (Lipinski definition) is 0. The van der Waals surface area contributed by atoms with Crippen molar-refractivity contribution in [1.82, 2.24) is 24.5 Å². The number of hydrogen-bond acceptors (Lipinski definition) is 7.